The Kier molecular flexibility index (Phi) is 8.87. The standard InChI is InChI=1S/C34H33FN4O4/c1-7-28(40)31-25-16-24(22-11-14-29(42-6)26(15-22)33(41)38-34(5,18-36)20(3)4)27(39(8-2)19-37)17-30(25)43-32(31)21-9-12-23(35)13-10-21/h9-17,20H,7-8H2,1-6H3,(H,38,41). The highest BCUT2D eigenvalue weighted by Gasteiger charge is 2.32. The second-order valence-electron chi connectivity index (χ2n) is 10.6. The minimum Gasteiger partial charge on any atom is -0.496 e. The Balaban J connectivity index is 2.00. The molecular weight excluding hydrogens is 547 g/mol. The van der Waals surface area contributed by atoms with Crippen LogP contribution in [0, 0.1) is 34.5 Å². The van der Waals surface area contributed by atoms with Crippen LogP contribution in [0.1, 0.15) is 61.8 Å². The Morgan fingerprint density at radius 3 is 2.30 bits per heavy atom. The summed E-state index contributed by atoms with van der Waals surface area (Å²) >= 11 is 0. The Labute approximate surface area is 250 Å². The van der Waals surface area contributed by atoms with E-state index in [0.29, 0.717) is 57.0 Å². The number of hydrogen-bond donors (Lipinski definition) is 1. The zero-order valence-corrected chi connectivity index (χ0v) is 25.0. The summed E-state index contributed by atoms with van der Waals surface area (Å²) in [4.78, 5) is 28.3. The molecule has 0 aliphatic carbocycles. The molecule has 9 heteroatoms. The van der Waals surface area contributed by atoms with Gasteiger partial charge in [0.15, 0.2) is 12.0 Å². The molecule has 1 N–H and O–H groups in total. The van der Waals surface area contributed by atoms with Crippen LogP contribution >= 0.6 is 0 Å². The molecule has 1 heterocycles. The zero-order valence-electron chi connectivity index (χ0n) is 25.0. The number of Topliss-reactive ketones (excluding diaryl/α,β-unsaturated/α-hetero) is 1. The minimum atomic E-state index is -1.12. The van der Waals surface area contributed by atoms with Gasteiger partial charge in [0.1, 0.15) is 28.4 Å². The number of benzene rings is 3. The Morgan fingerprint density at radius 1 is 1.07 bits per heavy atom. The van der Waals surface area contributed by atoms with Crippen LogP contribution in [-0.4, -0.2) is 30.9 Å². The SMILES string of the molecule is CCC(=O)c1c(-c2ccc(F)cc2)oc2cc(N(C#N)CC)c(-c3ccc(OC)c(C(=O)NC(C)(C#N)C(C)C)c3)cc12. The van der Waals surface area contributed by atoms with Crippen molar-refractivity contribution in [2.45, 2.75) is 46.6 Å². The van der Waals surface area contributed by atoms with E-state index in [2.05, 4.69) is 17.6 Å². The Bertz CT molecular complexity index is 1780. The van der Waals surface area contributed by atoms with Gasteiger partial charge in [-0.3, -0.25) is 14.5 Å². The van der Waals surface area contributed by atoms with Crippen LogP contribution in [0.3, 0.4) is 0 Å². The number of methoxy groups -OCH3 is 1. The van der Waals surface area contributed by atoms with E-state index < -0.39 is 17.3 Å². The second kappa shape index (κ2) is 12.4. The molecule has 1 amide bonds. The van der Waals surface area contributed by atoms with Gasteiger partial charge >= 0.3 is 0 Å². The third-order valence-electron chi connectivity index (χ3n) is 7.76. The number of fused-ring (bicyclic) bond motifs is 1. The Hall–Kier alpha value is -5.15. The fourth-order valence-corrected chi connectivity index (χ4v) is 4.80. The number of rotatable bonds is 10. The number of nitrogens with one attached hydrogen (secondary N) is 1. The number of amides is 1. The van der Waals surface area contributed by atoms with E-state index in [1.54, 1.807) is 56.3 Å². The molecule has 4 aromatic rings. The van der Waals surface area contributed by atoms with Crippen molar-refractivity contribution in [3.63, 3.8) is 0 Å². The fourth-order valence-electron chi connectivity index (χ4n) is 4.80. The molecule has 8 nitrogen and oxygen atoms in total. The lowest BCUT2D eigenvalue weighted by atomic mass is 9.89. The molecule has 1 atom stereocenters. The minimum absolute atomic E-state index is 0.163. The summed E-state index contributed by atoms with van der Waals surface area (Å²) in [6.07, 6.45) is 2.40. The summed E-state index contributed by atoms with van der Waals surface area (Å²) in [5, 5.41) is 23.1. The van der Waals surface area contributed by atoms with Crippen LogP contribution in [0.25, 0.3) is 33.4 Å². The van der Waals surface area contributed by atoms with Gasteiger partial charge in [-0.1, -0.05) is 26.8 Å². The molecule has 0 spiro atoms. The van der Waals surface area contributed by atoms with Gasteiger partial charge < -0.3 is 14.5 Å². The molecule has 0 bridgehead atoms. The maximum atomic E-state index is 13.7. The summed E-state index contributed by atoms with van der Waals surface area (Å²) in [5.74, 6) is -0.611. The molecule has 0 aliphatic heterocycles. The van der Waals surface area contributed by atoms with Crippen molar-refractivity contribution in [3.05, 3.63) is 71.5 Å². The van der Waals surface area contributed by atoms with Gasteiger partial charge in [0.25, 0.3) is 5.91 Å². The highest BCUT2D eigenvalue weighted by Crippen LogP contribution is 2.42. The number of anilines is 1. The quantitative estimate of drug-likeness (QED) is 0.117. The van der Waals surface area contributed by atoms with E-state index in [0.717, 1.165) is 0 Å². The molecule has 4 rings (SSSR count). The van der Waals surface area contributed by atoms with Gasteiger partial charge in [-0.15, -0.1) is 0 Å². The van der Waals surface area contributed by atoms with E-state index in [1.165, 1.54) is 24.1 Å². The number of nitriles is 2. The van der Waals surface area contributed by atoms with Crippen molar-refractivity contribution in [2.24, 2.45) is 5.92 Å². The van der Waals surface area contributed by atoms with Crippen molar-refractivity contribution in [1.29, 1.82) is 10.5 Å². The lowest BCUT2D eigenvalue weighted by Gasteiger charge is -2.27. The largest absolute Gasteiger partial charge is 0.496 e. The van der Waals surface area contributed by atoms with Gasteiger partial charge in [-0.25, -0.2) is 4.39 Å². The topological polar surface area (TPSA) is 119 Å². The predicted octanol–water partition coefficient (Wildman–Crippen LogP) is 7.48. The summed E-state index contributed by atoms with van der Waals surface area (Å²) in [6.45, 7) is 9.28. The first-order valence-corrected chi connectivity index (χ1v) is 14.0. The smallest absolute Gasteiger partial charge is 0.256 e. The van der Waals surface area contributed by atoms with Crippen molar-refractivity contribution in [1.82, 2.24) is 5.32 Å². The van der Waals surface area contributed by atoms with Gasteiger partial charge in [-0.2, -0.15) is 10.5 Å². The average molecular weight is 581 g/mol. The van der Waals surface area contributed by atoms with Crippen LogP contribution in [-0.2, 0) is 0 Å². The Morgan fingerprint density at radius 2 is 1.74 bits per heavy atom. The summed E-state index contributed by atoms with van der Waals surface area (Å²) in [7, 11) is 1.45. The predicted molar refractivity (Wildman–Crippen MR) is 163 cm³/mol. The second-order valence-corrected chi connectivity index (χ2v) is 10.6. The molecule has 0 radical (unpaired) electrons. The first-order chi connectivity index (χ1) is 20.5. The molecule has 0 saturated heterocycles. The molecule has 1 unspecified atom stereocenters. The van der Waals surface area contributed by atoms with Crippen LogP contribution in [0.4, 0.5) is 10.1 Å². The van der Waals surface area contributed by atoms with Crippen LogP contribution < -0.4 is 15.0 Å². The molecule has 43 heavy (non-hydrogen) atoms. The van der Waals surface area contributed by atoms with Crippen LogP contribution in [0.2, 0.25) is 0 Å². The zero-order chi connectivity index (χ0) is 31.5. The van der Waals surface area contributed by atoms with Crippen LogP contribution in [0.5, 0.6) is 5.75 Å². The van der Waals surface area contributed by atoms with E-state index in [4.69, 9.17) is 9.15 Å². The van der Waals surface area contributed by atoms with Crippen molar-refractivity contribution >= 4 is 28.3 Å². The number of ether oxygens (including phenoxy) is 1. The highest BCUT2D eigenvalue weighted by molar-refractivity contribution is 6.14. The molecule has 0 aliphatic rings. The van der Waals surface area contributed by atoms with Crippen molar-refractivity contribution < 1.29 is 23.1 Å². The van der Waals surface area contributed by atoms with Crippen molar-refractivity contribution in [3.8, 4) is 40.5 Å². The first-order valence-electron chi connectivity index (χ1n) is 14.0. The highest BCUT2D eigenvalue weighted by atomic mass is 19.1. The lowest BCUT2D eigenvalue weighted by molar-refractivity contribution is 0.0904. The number of carbonyl (C=O) groups excluding carboxylic acids is 2. The first kappa shape index (κ1) is 30.8. The van der Waals surface area contributed by atoms with E-state index >= 15 is 0 Å². The number of carbonyl (C=O) groups is 2. The number of halogens is 1. The average Bonchev–Trinajstić information content (AvgIpc) is 3.39. The third kappa shape index (κ3) is 5.80. The summed E-state index contributed by atoms with van der Waals surface area (Å²) in [5.41, 5.74) is 2.03. The normalized spacial score (nSPS) is 12.3. The van der Waals surface area contributed by atoms with Gasteiger partial charge in [-0.05, 0) is 67.8 Å². The van der Waals surface area contributed by atoms with Gasteiger partial charge in [0.05, 0.1) is 30.0 Å². The van der Waals surface area contributed by atoms with E-state index in [9.17, 15) is 24.5 Å². The van der Waals surface area contributed by atoms with E-state index in [-0.39, 0.29) is 23.7 Å². The maximum Gasteiger partial charge on any atom is 0.256 e. The molecule has 0 fully saturated rings. The molecule has 1 aromatic heterocycles. The number of hydrogen-bond acceptors (Lipinski definition) is 7. The summed E-state index contributed by atoms with van der Waals surface area (Å²) in [6, 6.07) is 16.4. The third-order valence-corrected chi connectivity index (χ3v) is 7.76. The molecule has 0 saturated carbocycles. The monoisotopic (exact) mass is 580 g/mol. The van der Waals surface area contributed by atoms with E-state index in [1.807, 2.05) is 20.8 Å². The number of ketones is 1. The van der Waals surface area contributed by atoms with Crippen molar-refractivity contribution in [2.75, 3.05) is 18.6 Å². The summed E-state index contributed by atoms with van der Waals surface area (Å²) < 4.78 is 25.4. The van der Waals surface area contributed by atoms with Crippen LogP contribution in [0.15, 0.2) is 59.0 Å². The number of furan rings is 1. The fraction of sp³-hybridized carbons (Fsp3) is 0.294. The van der Waals surface area contributed by atoms with Gasteiger partial charge in [0, 0.05) is 35.5 Å². The molecule has 3 aromatic carbocycles. The molecular formula is C34H33FN4O4. The lowest BCUT2D eigenvalue weighted by Crippen LogP contribution is -2.48. The number of nitrogens with zero attached hydrogens (tertiary/aromatic N) is 3. The van der Waals surface area contributed by atoms with Gasteiger partial charge in [0.2, 0.25) is 0 Å². The maximum absolute atomic E-state index is 13.7. The molecule has 220 valence electrons.